The second kappa shape index (κ2) is 6.86. The lowest BCUT2D eigenvalue weighted by atomic mass is 9.97. The first-order chi connectivity index (χ1) is 8.75. The van der Waals surface area contributed by atoms with E-state index in [0.717, 1.165) is 19.5 Å². The molecule has 2 atom stereocenters. The lowest BCUT2D eigenvalue weighted by molar-refractivity contribution is 0.0780. The van der Waals surface area contributed by atoms with Gasteiger partial charge in [0.05, 0.1) is 6.10 Å². The van der Waals surface area contributed by atoms with Gasteiger partial charge in [0.1, 0.15) is 0 Å². The van der Waals surface area contributed by atoms with Crippen LogP contribution in [0.3, 0.4) is 0 Å². The average Bonchev–Trinajstić information content (AvgIpc) is 2.56. The highest BCUT2D eigenvalue weighted by molar-refractivity contribution is 5.07. The van der Waals surface area contributed by atoms with Crippen molar-refractivity contribution in [3.63, 3.8) is 0 Å². The minimum Gasteiger partial charge on any atom is -0.393 e. The van der Waals surface area contributed by atoms with Crippen LogP contribution >= 0.6 is 0 Å². The van der Waals surface area contributed by atoms with E-state index in [1.165, 1.54) is 31.2 Å². The predicted molar refractivity (Wildman–Crippen MR) is 73.2 cm³/mol. The van der Waals surface area contributed by atoms with Crippen LogP contribution in [0.4, 0.5) is 0 Å². The van der Waals surface area contributed by atoms with E-state index in [1.54, 1.807) is 6.20 Å². The molecule has 1 N–H and O–H groups in total. The Balaban J connectivity index is 1.84. The predicted octanol–water partition coefficient (Wildman–Crippen LogP) is 2.45. The summed E-state index contributed by atoms with van der Waals surface area (Å²) in [6.45, 7) is 1.90. The molecule has 1 aliphatic rings. The summed E-state index contributed by atoms with van der Waals surface area (Å²) < 4.78 is 0. The first-order valence-corrected chi connectivity index (χ1v) is 7.01. The van der Waals surface area contributed by atoms with Gasteiger partial charge in [-0.25, -0.2) is 0 Å². The summed E-state index contributed by atoms with van der Waals surface area (Å²) in [6.07, 6.45) is 9.48. The van der Waals surface area contributed by atoms with Crippen molar-refractivity contribution in [2.24, 2.45) is 5.92 Å². The van der Waals surface area contributed by atoms with Crippen LogP contribution in [-0.4, -0.2) is 34.7 Å². The zero-order valence-electron chi connectivity index (χ0n) is 11.3. The maximum Gasteiger partial charge on any atom is 0.0580 e. The second-order valence-corrected chi connectivity index (χ2v) is 5.52. The lowest BCUT2D eigenvalue weighted by Gasteiger charge is -2.26. The number of aromatic nitrogens is 1. The Morgan fingerprint density at radius 3 is 2.94 bits per heavy atom. The number of aliphatic hydroxyl groups excluding tert-OH is 1. The van der Waals surface area contributed by atoms with E-state index in [4.69, 9.17) is 0 Å². The Labute approximate surface area is 110 Å². The Hall–Kier alpha value is -0.930. The maximum absolute atomic E-state index is 10.1. The maximum atomic E-state index is 10.1. The largest absolute Gasteiger partial charge is 0.393 e. The van der Waals surface area contributed by atoms with Crippen molar-refractivity contribution < 1.29 is 5.11 Å². The van der Waals surface area contributed by atoms with Gasteiger partial charge in [-0.1, -0.05) is 25.3 Å². The van der Waals surface area contributed by atoms with E-state index in [-0.39, 0.29) is 6.10 Å². The quantitative estimate of drug-likeness (QED) is 0.832. The van der Waals surface area contributed by atoms with E-state index >= 15 is 0 Å². The highest BCUT2D eigenvalue weighted by Gasteiger charge is 2.22. The molecule has 0 amide bonds. The molecule has 0 bridgehead atoms. The van der Waals surface area contributed by atoms with E-state index in [1.807, 2.05) is 12.3 Å². The summed E-state index contributed by atoms with van der Waals surface area (Å²) >= 11 is 0. The SMILES string of the molecule is CN(Cc1cccnc1)CC1CCCCCC1O. The molecule has 0 saturated heterocycles. The molecule has 1 aromatic heterocycles. The van der Waals surface area contributed by atoms with Crippen LogP contribution in [0, 0.1) is 5.92 Å². The van der Waals surface area contributed by atoms with E-state index in [0.29, 0.717) is 5.92 Å². The van der Waals surface area contributed by atoms with Crippen LogP contribution < -0.4 is 0 Å². The molecule has 1 heterocycles. The monoisotopic (exact) mass is 248 g/mol. The molecule has 3 nitrogen and oxygen atoms in total. The summed E-state index contributed by atoms with van der Waals surface area (Å²) in [4.78, 5) is 6.44. The van der Waals surface area contributed by atoms with Gasteiger partial charge in [0, 0.05) is 25.5 Å². The molecule has 1 fully saturated rings. The van der Waals surface area contributed by atoms with Gasteiger partial charge < -0.3 is 10.0 Å². The smallest absolute Gasteiger partial charge is 0.0580 e. The number of hydrogen-bond acceptors (Lipinski definition) is 3. The number of rotatable bonds is 4. The standard InChI is InChI=1S/C15H24N2O/c1-17(11-13-6-5-9-16-10-13)12-14-7-3-2-4-8-15(14)18/h5-6,9-10,14-15,18H,2-4,7-8,11-12H2,1H3. The van der Waals surface area contributed by atoms with E-state index in [9.17, 15) is 5.11 Å². The Morgan fingerprint density at radius 2 is 2.17 bits per heavy atom. The molecule has 1 aromatic rings. The fraction of sp³-hybridized carbons (Fsp3) is 0.667. The van der Waals surface area contributed by atoms with Crippen molar-refractivity contribution in [2.45, 2.75) is 44.8 Å². The van der Waals surface area contributed by atoms with Crippen LogP contribution in [-0.2, 0) is 6.54 Å². The normalized spacial score (nSPS) is 25.1. The Morgan fingerprint density at radius 1 is 1.33 bits per heavy atom. The molecule has 18 heavy (non-hydrogen) atoms. The van der Waals surface area contributed by atoms with Crippen molar-refractivity contribution in [1.29, 1.82) is 0 Å². The van der Waals surface area contributed by atoms with Crippen molar-refractivity contribution >= 4 is 0 Å². The summed E-state index contributed by atoms with van der Waals surface area (Å²) in [7, 11) is 2.13. The molecule has 100 valence electrons. The molecule has 0 aromatic carbocycles. The lowest BCUT2D eigenvalue weighted by Crippen LogP contribution is -2.32. The van der Waals surface area contributed by atoms with Crippen LogP contribution in [0.2, 0.25) is 0 Å². The summed E-state index contributed by atoms with van der Waals surface area (Å²) in [6, 6.07) is 4.08. The Kier molecular flexibility index (Phi) is 5.14. The fourth-order valence-electron chi connectivity index (χ4n) is 2.85. The van der Waals surface area contributed by atoms with Crippen molar-refractivity contribution in [2.75, 3.05) is 13.6 Å². The van der Waals surface area contributed by atoms with Gasteiger partial charge in [-0.15, -0.1) is 0 Å². The molecule has 1 aliphatic carbocycles. The topological polar surface area (TPSA) is 36.4 Å². The summed E-state index contributed by atoms with van der Waals surface area (Å²) in [5.74, 6) is 0.439. The van der Waals surface area contributed by atoms with Crippen LogP contribution in [0.25, 0.3) is 0 Å². The first-order valence-electron chi connectivity index (χ1n) is 7.01. The Bertz CT molecular complexity index is 342. The molecule has 0 spiro atoms. The third-order valence-corrected chi connectivity index (χ3v) is 3.84. The van der Waals surface area contributed by atoms with Gasteiger partial charge in [0.15, 0.2) is 0 Å². The highest BCUT2D eigenvalue weighted by atomic mass is 16.3. The van der Waals surface area contributed by atoms with Gasteiger partial charge in [0.25, 0.3) is 0 Å². The molecular formula is C15H24N2O. The zero-order valence-corrected chi connectivity index (χ0v) is 11.3. The second-order valence-electron chi connectivity index (χ2n) is 5.52. The van der Waals surface area contributed by atoms with Crippen LogP contribution in [0.5, 0.6) is 0 Å². The van der Waals surface area contributed by atoms with Gasteiger partial charge in [-0.05, 0) is 37.4 Å². The average molecular weight is 248 g/mol. The number of pyridine rings is 1. The first kappa shape index (κ1) is 13.5. The third kappa shape index (κ3) is 4.07. The molecule has 2 rings (SSSR count). The van der Waals surface area contributed by atoms with Crippen LogP contribution in [0.1, 0.15) is 37.7 Å². The summed E-state index contributed by atoms with van der Waals surface area (Å²) in [5, 5.41) is 10.1. The number of hydrogen-bond donors (Lipinski definition) is 1. The van der Waals surface area contributed by atoms with Crippen molar-refractivity contribution in [3.05, 3.63) is 30.1 Å². The molecule has 3 heteroatoms. The molecular weight excluding hydrogens is 224 g/mol. The van der Waals surface area contributed by atoms with E-state index in [2.05, 4.69) is 23.0 Å². The van der Waals surface area contributed by atoms with Gasteiger partial charge in [-0.2, -0.15) is 0 Å². The number of aliphatic hydroxyl groups is 1. The molecule has 0 radical (unpaired) electrons. The zero-order chi connectivity index (χ0) is 12.8. The van der Waals surface area contributed by atoms with Crippen molar-refractivity contribution in [1.82, 2.24) is 9.88 Å². The minimum atomic E-state index is -0.108. The number of nitrogens with zero attached hydrogens (tertiary/aromatic N) is 2. The van der Waals surface area contributed by atoms with Crippen LogP contribution in [0.15, 0.2) is 24.5 Å². The highest BCUT2D eigenvalue weighted by Crippen LogP contribution is 2.24. The van der Waals surface area contributed by atoms with Gasteiger partial charge in [0.2, 0.25) is 0 Å². The molecule has 2 unspecified atom stereocenters. The fourth-order valence-corrected chi connectivity index (χ4v) is 2.85. The van der Waals surface area contributed by atoms with Crippen molar-refractivity contribution in [3.8, 4) is 0 Å². The molecule has 0 aliphatic heterocycles. The minimum absolute atomic E-state index is 0.108. The summed E-state index contributed by atoms with van der Waals surface area (Å²) in [5.41, 5.74) is 1.24. The van der Waals surface area contributed by atoms with Gasteiger partial charge >= 0.3 is 0 Å². The molecule has 1 saturated carbocycles. The van der Waals surface area contributed by atoms with E-state index < -0.39 is 0 Å². The third-order valence-electron chi connectivity index (χ3n) is 3.84. The van der Waals surface area contributed by atoms with Gasteiger partial charge in [-0.3, -0.25) is 4.98 Å².